The van der Waals surface area contributed by atoms with E-state index in [2.05, 4.69) is 9.72 Å². The van der Waals surface area contributed by atoms with E-state index in [1.54, 1.807) is 0 Å². The zero-order chi connectivity index (χ0) is 15.7. The first-order chi connectivity index (χ1) is 8.95. The van der Waals surface area contributed by atoms with Crippen molar-refractivity contribution in [2.45, 2.75) is 23.6 Å². The Balaban J connectivity index is 3.63. The number of pyridine rings is 1. The summed E-state index contributed by atoms with van der Waals surface area (Å²) in [6, 6.07) is 0.556. The molecule has 0 bridgehead atoms. The van der Waals surface area contributed by atoms with Crippen LogP contribution in [0.2, 0.25) is 0 Å². The van der Waals surface area contributed by atoms with Crippen molar-refractivity contribution in [1.29, 1.82) is 0 Å². The Bertz CT molecular complexity index is 605. The summed E-state index contributed by atoms with van der Waals surface area (Å²) in [5.74, 6) is -2.14. The summed E-state index contributed by atoms with van der Waals surface area (Å²) in [6.45, 7) is 0. The Hall–Kier alpha value is -0.870. The topological polar surface area (TPSA) is 56.3 Å². The van der Waals surface area contributed by atoms with Crippen molar-refractivity contribution in [3.63, 3.8) is 0 Å². The number of hydrogen-bond donors (Lipinski definition) is 0. The number of alkyl halides is 6. The normalized spacial score (nSPS) is 12.8. The summed E-state index contributed by atoms with van der Waals surface area (Å²) in [6.07, 6.45) is -8.94. The van der Waals surface area contributed by atoms with Gasteiger partial charge in [-0.1, -0.05) is 0 Å². The van der Waals surface area contributed by atoms with E-state index < -0.39 is 49.8 Å². The third-order valence-corrected chi connectivity index (χ3v) is 3.50. The van der Waals surface area contributed by atoms with E-state index in [9.17, 15) is 30.4 Å². The largest absolute Gasteiger partial charge is 0.574 e. The molecule has 0 atom stereocenters. The van der Waals surface area contributed by atoms with Gasteiger partial charge in [0.05, 0.1) is 16.5 Å². The van der Waals surface area contributed by atoms with Crippen LogP contribution in [0.25, 0.3) is 0 Å². The van der Waals surface area contributed by atoms with Gasteiger partial charge in [-0.2, -0.15) is 0 Å². The highest BCUT2D eigenvalue weighted by atomic mass is 35.7. The summed E-state index contributed by atoms with van der Waals surface area (Å²) < 4.78 is 87.6. The number of rotatable bonds is 4. The Morgan fingerprint density at radius 2 is 1.90 bits per heavy atom. The quantitative estimate of drug-likeness (QED) is 0.468. The summed E-state index contributed by atoms with van der Waals surface area (Å²) in [5.41, 5.74) is -2.00. The van der Waals surface area contributed by atoms with Crippen molar-refractivity contribution >= 4 is 31.3 Å². The van der Waals surface area contributed by atoms with Crippen LogP contribution in [-0.4, -0.2) is 19.8 Å². The lowest BCUT2D eigenvalue weighted by molar-refractivity contribution is -0.276. The van der Waals surface area contributed by atoms with Crippen molar-refractivity contribution in [2.24, 2.45) is 0 Å². The second-order valence-electron chi connectivity index (χ2n) is 3.25. The molecule has 1 heterocycles. The third kappa shape index (κ3) is 4.32. The summed E-state index contributed by atoms with van der Waals surface area (Å²) in [5, 5.41) is 0. The molecule has 4 nitrogen and oxygen atoms in total. The molecule has 0 aliphatic carbocycles. The standard InChI is InChI=1S/C8H4Cl2F5NO3S/c9-2-3-1-4(20(10,17)18)5(6(11)12)7(16-3)19-8(13,14)15/h1,6H,2H2. The average molecular weight is 360 g/mol. The van der Waals surface area contributed by atoms with Crippen molar-refractivity contribution in [1.82, 2.24) is 4.98 Å². The van der Waals surface area contributed by atoms with E-state index >= 15 is 0 Å². The molecule has 0 aromatic carbocycles. The molecule has 20 heavy (non-hydrogen) atoms. The molecular formula is C8H4Cl2F5NO3S. The van der Waals surface area contributed by atoms with E-state index in [1.807, 2.05) is 0 Å². The Morgan fingerprint density at radius 1 is 1.35 bits per heavy atom. The second-order valence-corrected chi connectivity index (χ2v) is 6.05. The van der Waals surface area contributed by atoms with Gasteiger partial charge in [-0.05, 0) is 6.07 Å². The van der Waals surface area contributed by atoms with Gasteiger partial charge < -0.3 is 4.74 Å². The van der Waals surface area contributed by atoms with Crippen molar-refractivity contribution < 1.29 is 35.1 Å². The van der Waals surface area contributed by atoms with Gasteiger partial charge in [-0.3, -0.25) is 0 Å². The third-order valence-electron chi connectivity index (χ3n) is 1.87. The van der Waals surface area contributed by atoms with Crippen LogP contribution in [0.15, 0.2) is 11.0 Å². The van der Waals surface area contributed by atoms with Crippen molar-refractivity contribution in [2.75, 3.05) is 0 Å². The molecule has 0 saturated heterocycles. The summed E-state index contributed by atoms with van der Waals surface area (Å²) >= 11 is 5.30. The molecule has 114 valence electrons. The van der Waals surface area contributed by atoms with Crippen LogP contribution in [0.1, 0.15) is 17.7 Å². The Labute approximate surface area is 118 Å². The van der Waals surface area contributed by atoms with Gasteiger partial charge in [0.15, 0.2) is 0 Å². The fraction of sp³-hybridized carbons (Fsp3) is 0.375. The minimum Gasteiger partial charge on any atom is -0.387 e. The lowest BCUT2D eigenvalue weighted by Crippen LogP contribution is -2.20. The SMILES string of the molecule is O=S(=O)(Cl)c1cc(CCl)nc(OC(F)(F)F)c1C(F)F. The molecule has 1 aromatic rings. The molecule has 0 saturated carbocycles. The van der Waals surface area contributed by atoms with Gasteiger partial charge in [0.1, 0.15) is 5.56 Å². The fourth-order valence-electron chi connectivity index (χ4n) is 1.22. The molecule has 0 amide bonds. The van der Waals surface area contributed by atoms with Gasteiger partial charge in [0, 0.05) is 10.7 Å². The molecule has 0 aliphatic rings. The zero-order valence-corrected chi connectivity index (χ0v) is 11.4. The lowest BCUT2D eigenvalue weighted by Gasteiger charge is -2.15. The second kappa shape index (κ2) is 5.86. The van der Waals surface area contributed by atoms with Crippen LogP contribution >= 0.6 is 22.3 Å². The van der Waals surface area contributed by atoms with Crippen LogP contribution in [0.5, 0.6) is 5.88 Å². The molecule has 12 heteroatoms. The van der Waals surface area contributed by atoms with Crippen LogP contribution < -0.4 is 4.74 Å². The maximum Gasteiger partial charge on any atom is 0.574 e. The highest BCUT2D eigenvalue weighted by Gasteiger charge is 2.37. The van der Waals surface area contributed by atoms with E-state index in [4.69, 9.17) is 22.3 Å². The maximum atomic E-state index is 12.8. The number of aromatic nitrogens is 1. The predicted molar refractivity (Wildman–Crippen MR) is 58.5 cm³/mol. The van der Waals surface area contributed by atoms with Crippen molar-refractivity contribution in [3.8, 4) is 5.88 Å². The van der Waals surface area contributed by atoms with Crippen LogP contribution in [0.3, 0.4) is 0 Å². The predicted octanol–water partition coefficient (Wildman–Crippen LogP) is 3.58. The molecule has 0 unspecified atom stereocenters. The van der Waals surface area contributed by atoms with E-state index in [0.717, 1.165) is 0 Å². The molecule has 1 aromatic heterocycles. The highest BCUT2D eigenvalue weighted by molar-refractivity contribution is 8.13. The number of hydrogen-bond acceptors (Lipinski definition) is 4. The monoisotopic (exact) mass is 359 g/mol. The molecular weight excluding hydrogens is 356 g/mol. The highest BCUT2D eigenvalue weighted by Crippen LogP contribution is 2.38. The van der Waals surface area contributed by atoms with Crippen LogP contribution in [-0.2, 0) is 14.9 Å². The van der Waals surface area contributed by atoms with Gasteiger partial charge >= 0.3 is 6.36 Å². The van der Waals surface area contributed by atoms with Gasteiger partial charge in [0.2, 0.25) is 5.88 Å². The maximum absolute atomic E-state index is 12.8. The number of nitrogens with zero attached hydrogens (tertiary/aromatic N) is 1. The molecule has 0 radical (unpaired) electrons. The molecule has 1 rings (SSSR count). The van der Waals surface area contributed by atoms with E-state index in [1.165, 1.54) is 0 Å². The van der Waals surface area contributed by atoms with Crippen LogP contribution in [0, 0.1) is 0 Å². The van der Waals surface area contributed by atoms with Gasteiger partial charge in [0.25, 0.3) is 15.5 Å². The number of halogens is 7. The minimum absolute atomic E-state index is 0.422. The average Bonchev–Trinajstić information content (AvgIpc) is 2.23. The van der Waals surface area contributed by atoms with Crippen LogP contribution in [0.4, 0.5) is 22.0 Å². The van der Waals surface area contributed by atoms with Gasteiger partial charge in [-0.25, -0.2) is 22.2 Å². The van der Waals surface area contributed by atoms with Crippen molar-refractivity contribution in [3.05, 3.63) is 17.3 Å². The first kappa shape index (κ1) is 17.2. The Kier molecular flexibility index (Phi) is 5.03. The number of ether oxygens (including phenoxy) is 1. The first-order valence-corrected chi connectivity index (χ1v) is 7.38. The molecule has 0 fully saturated rings. The lowest BCUT2D eigenvalue weighted by atomic mass is 10.2. The fourth-order valence-corrected chi connectivity index (χ4v) is 2.45. The minimum atomic E-state index is -5.34. The van der Waals surface area contributed by atoms with Gasteiger partial charge in [-0.15, -0.1) is 24.8 Å². The van der Waals surface area contributed by atoms with E-state index in [0.29, 0.717) is 6.07 Å². The molecule has 0 N–H and O–H groups in total. The smallest absolute Gasteiger partial charge is 0.387 e. The zero-order valence-electron chi connectivity index (χ0n) is 9.09. The molecule has 0 spiro atoms. The van der Waals surface area contributed by atoms with E-state index in [-0.39, 0.29) is 0 Å². The first-order valence-electron chi connectivity index (χ1n) is 4.54. The molecule has 0 aliphatic heterocycles. The summed E-state index contributed by atoms with van der Waals surface area (Å²) in [7, 11) is 0.168. The Morgan fingerprint density at radius 3 is 2.25 bits per heavy atom. The summed E-state index contributed by atoms with van der Waals surface area (Å²) in [4.78, 5) is 1.86.